The summed E-state index contributed by atoms with van der Waals surface area (Å²) in [6.07, 6.45) is -0.790. The number of aliphatic hydroxyl groups is 4. The van der Waals surface area contributed by atoms with Crippen molar-refractivity contribution in [3.05, 3.63) is 12.7 Å². The van der Waals surface area contributed by atoms with Crippen LogP contribution in [0.4, 0.5) is 5.82 Å². The number of fused-ring (bicyclic) bond motifs is 1. The van der Waals surface area contributed by atoms with E-state index in [0.717, 1.165) is 0 Å². The summed E-state index contributed by atoms with van der Waals surface area (Å²) in [6.45, 7) is 0.200. The molecule has 1 aliphatic rings. The molecule has 0 spiro atoms. The Balaban J connectivity index is 1.90. The van der Waals surface area contributed by atoms with Crippen LogP contribution >= 0.6 is 0 Å². The van der Waals surface area contributed by atoms with Crippen molar-refractivity contribution in [2.24, 2.45) is 0 Å². The normalized spacial score (nSPS) is 27.7. The molecule has 10 heteroatoms. The monoisotopic (exact) mass is 325 g/mol. The molecule has 0 aliphatic carbocycles. The van der Waals surface area contributed by atoms with E-state index in [1.165, 1.54) is 17.2 Å². The smallest absolute Gasteiger partial charge is 0.167 e. The average molecular weight is 325 g/mol. The molecule has 2 aromatic rings. The summed E-state index contributed by atoms with van der Waals surface area (Å²) in [7, 11) is 0. The molecule has 126 valence electrons. The second-order valence-corrected chi connectivity index (χ2v) is 5.28. The van der Waals surface area contributed by atoms with E-state index >= 15 is 0 Å². The standard InChI is InChI=1S/C13H19N5O5/c19-3-1-2-14-11-8-12(16-5-15-11)18(6-17-8)13-10(22)9(21)7(4-20)23-13/h5-7,9-10,13,19-22H,1-4H2,(H,14,15,16)/t7-,9-,10-,13-/m1/s1. The maximum Gasteiger partial charge on any atom is 0.167 e. The van der Waals surface area contributed by atoms with Crippen LogP contribution in [0.15, 0.2) is 12.7 Å². The molecule has 5 N–H and O–H groups in total. The van der Waals surface area contributed by atoms with E-state index in [-0.39, 0.29) is 6.61 Å². The lowest BCUT2D eigenvalue weighted by Crippen LogP contribution is -2.33. The molecule has 1 fully saturated rings. The Morgan fingerprint density at radius 2 is 2.00 bits per heavy atom. The molecule has 0 radical (unpaired) electrons. The van der Waals surface area contributed by atoms with Gasteiger partial charge in [-0.3, -0.25) is 4.57 Å². The second kappa shape index (κ2) is 6.72. The Hall–Kier alpha value is -1.85. The van der Waals surface area contributed by atoms with Crippen molar-refractivity contribution < 1.29 is 25.2 Å². The minimum Gasteiger partial charge on any atom is -0.396 e. The van der Waals surface area contributed by atoms with Gasteiger partial charge in [-0.2, -0.15) is 0 Å². The van der Waals surface area contributed by atoms with E-state index in [0.29, 0.717) is 29.9 Å². The van der Waals surface area contributed by atoms with Crippen molar-refractivity contribution in [2.45, 2.75) is 31.0 Å². The summed E-state index contributed by atoms with van der Waals surface area (Å²) >= 11 is 0. The number of ether oxygens (including phenoxy) is 1. The van der Waals surface area contributed by atoms with Gasteiger partial charge < -0.3 is 30.5 Å². The maximum atomic E-state index is 10.1. The third kappa shape index (κ3) is 2.86. The fraction of sp³-hybridized carbons (Fsp3) is 0.615. The molecule has 3 rings (SSSR count). The molecule has 3 heterocycles. The molecule has 10 nitrogen and oxygen atoms in total. The van der Waals surface area contributed by atoms with Crippen LogP contribution in [0.2, 0.25) is 0 Å². The summed E-state index contributed by atoms with van der Waals surface area (Å²) in [6, 6.07) is 0. The first-order valence-corrected chi connectivity index (χ1v) is 7.32. The third-order valence-electron chi connectivity index (χ3n) is 3.78. The number of hydrogen-bond donors (Lipinski definition) is 5. The van der Waals surface area contributed by atoms with E-state index in [1.54, 1.807) is 0 Å². The summed E-state index contributed by atoms with van der Waals surface area (Å²) in [5.74, 6) is 0.508. The van der Waals surface area contributed by atoms with E-state index in [2.05, 4.69) is 20.3 Å². The minimum atomic E-state index is -1.20. The number of hydrogen-bond acceptors (Lipinski definition) is 9. The molecule has 0 aromatic carbocycles. The van der Waals surface area contributed by atoms with Gasteiger partial charge in [0.05, 0.1) is 12.9 Å². The fourth-order valence-corrected chi connectivity index (χ4v) is 2.56. The van der Waals surface area contributed by atoms with Crippen LogP contribution in [0.25, 0.3) is 11.2 Å². The topological polar surface area (TPSA) is 146 Å². The summed E-state index contributed by atoms with van der Waals surface area (Å²) in [5, 5.41) is 41.0. The Morgan fingerprint density at radius 1 is 1.17 bits per heavy atom. The van der Waals surface area contributed by atoms with Gasteiger partial charge in [-0.05, 0) is 6.42 Å². The molecule has 0 unspecified atom stereocenters. The van der Waals surface area contributed by atoms with Crippen LogP contribution < -0.4 is 5.32 Å². The Morgan fingerprint density at radius 3 is 2.70 bits per heavy atom. The highest BCUT2D eigenvalue weighted by Gasteiger charge is 2.43. The van der Waals surface area contributed by atoms with Crippen molar-refractivity contribution >= 4 is 17.0 Å². The zero-order valence-corrected chi connectivity index (χ0v) is 12.3. The zero-order valence-electron chi connectivity index (χ0n) is 12.3. The van der Waals surface area contributed by atoms with Crippen LogP contribution in [-0.2, 0) is 4.74 Å². The van der Waals surface area contributed by atoms with Crippen LogP contribution in [0.3, 0.4) is 0 Å². The molecule has 4 atom stereocenters. The molecule has 0 saturated carbocycles. The molecule has 0 bridgehead atoms. The van der Waals surface area contributed by atoms with Crippen molar-refractivity contribution in [2.75, 3.05) is 25.1 Å². The molecule has 1 aliphatic heterocycles. The highest BCUT2D eigenvalue weighted by molar-refractivity contribution is 5.82. The highest BCUT2D eigenvalue weighted by Crippen LogP contribution is 2.31. The average Bonchev–Trinajstić information content (AvgIpc) is 3.11. The number of aliphatic hydroxyl groups excluding tert-OH is 4. The Labute approximate surface area is 131 Å². The number of nitrogens with one attached hydrogen (secondary N) is 1. The van der Waals surface area contributed by atoms with Gasteiger partial charge in [-0.1, -0.05) is 0 Å². The summed E-state index contributed by atoms with van der Waals surface area (Å²) in [5.41, 5.74) is 0.921. The SMILES string of the molecule is OCCCNc1ncnc2c1ncn2[C@@H]1O[C@H](CO)[C@@H](O)[C@H]1O. The van der Waals surface area contributed by atoms with Crippen LogP contribution in [0, 0.1) is 0 Å². The van der Waals surface area contributed by atoms with Gasteiger partial charge in [0.25, 0.3) is 0 Å². The molecular formula is C13H19N5O5. The Bertz CT molecular complexity index is 665. The van der Waals surface area contributed by atoms with Gasteiger partial charge in [0.15, 0.2) is 23.2 Å². The van der Waals surface area contributed by atoms with Gasteiger partial charge in [-0.15, -0.1) is 0 Å². The molecule has 0 amide bonds. The maximum absolute atomic E-state index is 10.1. The van der Waals surface area contributed by atoms with Crippen LogP contribution in [-0.4, -0.2) is 78.0 Å². The van der Waals surface area contributed by atoms with Gasteiger partial charge >= 0.3 is 0 Å². The van der Waals surface area contributed by atoms with Crippen molar-refractivity contribution in [3.63, 3.8) is 0 Å². The fourth-order valence-electron chi connectivity index (χ4n) is 2.56. The summed E-state index contributed by atoms with van der Waals surface area (Å²) in [4.78, 5) is 12.5. The van der Waals surface area contributed by atoms with E-state index in [9.17, 15) is 15.3 Å². The van der Waals surface area contributed by atoms with Crippen LogP contribution in [0.1, 0.15) is 12.6 Å². The van der Waals surface area contributed by atoms with Gasteiger partial charge in [0.1, 0.15) is 24.6 Å². The van der Waals surface area contributed by atoms with Crippen molar-refractivity contribution in [3.8, 4) is 0 Å². The first-order valence-electron chi connectivity index (χ1n) is 7.32. The van der Waals surface area contributed by atoms with E-state index in [4.69, 9.17) is 9.84 Å². The lowest BCUT2D eigenvalue weighted by atomic mass is 10.1. The lowest BCUT2D eigenvalue weighted by molar-refractivity contribution is -0.0511. The zero-order chi connectivity index (χ0) is 16.4. The number of rotatable bonds is 6. The molecular weight excluding hydrogens is 306 g/mol. The van der Waals surface area contributed by atoms with Gasteiger partial charge in [-0.25, -0.2) is 15.0 Å². The molecule has 23 heavy (non-hydrogen) atoms. The molecule has 1 saturated heterocycles. The van der Waals surface area contributed by atoms with Crippen molar-refractivity contribution in [1.29, 1.82) is 0 Å². The Kier molecular flexibility index (Phi) is 4.68. The number of anilines is 1. The van der Waals surface area contributed by atoms with E-state index in [1.807, 2.05) is 0 Å². The first kappa shape index (κ1) is 16.0. The van der Waals surface area contributed by atoms with Crippen LogP contribution in [0.5, 0.6) is 0 Å². The predicted molar refractivity (Wildman–Crippen MR) is 78.5 cm³/mol. The van der Waals surface area contributed by atoms with Gasteiger partial charge in [0, 0.05) is 13.2 Å². The number of aromatic nitrogens is 4. The lowest BCUT2D eigenvalue weighted by Gasteiger charge is -2.16. The second-order valence-electron chi connectivity index (χ2n) is 5.28. The predicted octanol–water partition coefficient (Wildman–Crippen LogP) is -1.77. The number of imidazole rings is 1. The third-order valence-corrected chi connectivity index (χ3v) is 3.78. The van der Waals surface area contributed by atoms with Crippen molar-refractivity contribution in [1.82, 2.24) is 19.5 Å². The van der Waals surface area contributed by atoms with E-state index < -0.39 is 31.1 Å². The van der Waals surface area contributed by atoms with Gasteiger partial charge in [0.2, 0.25) is 0 Å². The summed E-state index contributed by atoms with van der Waals surface area (Å²) < 4.78 is 6.98. The minimum absolute atomic E-state index is 0.0677. The first-order chi connectivity index (χ1) is 11.2. The largest absolute Gasteiger partial charge is 0.396 e. The highest BCUT2D eigenvalue weighted by atomic mass is 16.6. The number of nitrogens with zero attached hydrogens (tertiary/aromatic N) is 4. The quantitative estimate of drug-likeness (QED) is 0.389. The molecule has 2 aromatic heterocycles.